The third-order valence-electron chi connectivity index (χ3n) is 4.65. The molecule has 0 saturated carbocycles. The van der Waals surface area contributed by atoms with E-state index in [2.05, 4.69) is 5.32 Å². The Morgan fingerprint density at radius 1 is 1.10 bits per heavy atom. The second kappa shape index (κ2) is 10.5. The van der Waals surface area contributed by atoms with E-state index >= 15 is 0 Å². The van der Waals surface area contributed by atoms with Gasteiger partial charge in [-0.15, -0.1) is 0 Å². The maximum Gasteiger partial charge on any atom is 0.232 e. The molecule has 1 N–H and O–H groups in total. The molecule has 0 aliphatic carbocycles. The molecule has 1 amide bonds. The molecule has 2 rings (SSSR count). The van der Waals surface area contributed by atoms with Crippen molar-refractivity contribution in [3.05, 3.63) is 59.2 Å². The van der Waals surface area contributed by atoms with Crippen molar-refractivity contribution in [1.82, 2.24) is 5.32 Å². The predicted molar refractivity (Wildman–Crippen MR) is 122 cm³/mol. The van der Waals surface area contributed by atoms with Crippen molar-refractivity contribution in [1.29, 1.82) is 0 Å². The number of carbonyl (C=O) groups is 1. The minimum Gasteiger partial charge on any atom is -0.491 e. The number of sulfonamides is 1. The van der Waals surface area contributed by atoms with Crippen LogP contribution < -0.4 is 14.4 Å². The molecule has 0 aliphatic heterocycles. The topological polar surface area (TPSA) is 75.7 Å². The maximum atomic E-state index is 12.3. The van der Waals surface area contributed by atoms with Gasteiger partial charge in [-0.3, -0.25) is 9.10 Å². The molecule has 6 nitrogen and oxygen atoms in total. The predicted octanol–water partition coefficient (Wildman–Crippen LogP) is 3.74. The number of nitrogens with one attached hydrogen (secondary N) is 1. The molecule has 0 heterocycles. The van der Waals surface area contributed by atoms with Crippen LogP contribution in [-0.2, 0) is 14.8 Å². The number of nitrogens with zero attached hydrogens (tertiary/aromatic N) is 1. The Kier molecular flexibility index (Phi) is 8.29. The van der Waals surface area contributed by atoms with E-state index in [-0.39, 0.29) is 24.9 Å². The number of carbonyl (C=O) groups excluding carboxylic acids is 1. The van der Waals surface area contributed by atoms with Gasteiger partial charge in [0.2, 0.25) is 15.9 Å². The highest BCUT2D eigenvalue weighted by Gasteiger charge is 2.18. The molecule has 2 aromatic rings. The minimum atomic E-state index is -3.43. The summed E-state index contributed by atoms with van der Waals surface area (Å²) in [6.07, 6.45) is 1.86. The van der Waals surface area contributed by atoms with E-state index in [4.69, 9.17) is 4.74 Å². The number of hydrogen-bond acceptors (Lipinski definition) is 4. The molecular weight excluding hydrogens is 400 g/mol. The van der Waals surface area contributed by atoms with Gasteiger partial charge in [-0.2, -0.15) is 0 Å². The van der Waals surface area contributed by atoms with Gasteiger partial charge in [0.05, 0.1) is 18.0 Å². The van der Waals surface area contributed by atoms with Gasteiger partial charge in [-0.05, 0) is 69.0 Å². The van der Waals surface area contributed by atoms with Crippen LogP contribution in [0.2, 0.25) is 0 Å². The third kappa shape index (κ3) is 7.37. The van der Waals surface area contributed by atoms with Crippen LogP contribution in [0.25, 0.3) is 0 Å². The fourth-order valence-electron chi connectivity index (χ4n) is 3.29. The number of amides is 1. The molecule has 1 unspecified atom stereocenters. The van der Waals surface area contributed by atoms with Crippen LogP contribution in [0.3, 0.4) is 0 Å². The summed E-state index contributed by atoms with van der Waals surface area (Å²) in [6, 6.07) is 13.3. The zero-order chi connectivity index (χ0) is 22.3. The van der Waals surface area contributed by atoms with Crippen LogP contribution in [0.15, 0.2) is 42.5 Å². The molecular formula is C23H32N2O4S. The zero-order valence-corrected chi connectivity index (χ0v) is 19.3. The smallest absolute Gasteiger partial charge is 0.232 e. The second-order valence-corrected chi connectivity index (χ2v) is 9.74. The van der Waals surface area contributed by atoms with Crippen LogP contribution in [0.4, 0.5) is 5.69 Å². The Bertz CT molecular complexity index is 953. The van der Waals surface area contributed by atoms with Crippen molar-refractivity contribution in [2.24, 2.45) is 0 Å². The summed E-state index contributed by atoms with van der Waals surface area (Å²) in [4.78, 5) is 12.3. The van der Waals surface area contributed by atoms with Gasteiger partial charge in [0.25, 0.3) is 0 Å². The fourth-order valence-corrected chi connectivity index (χ4v) is 4.24. The summed E-state index contributed by atoms with van der Waals surface area (Å²) in [7, 11) is -3.43. The Labute approximate surface area is 180 Å². The van der Waals surface area contributed by atoms with E-state index in [1.165, 1.54) is 10.6 Å². The number of para-hydroxylation sites is 1. The largest absolute Gasteiger partial charge is 0.491 e. The van der Waals surface area contributed by atoms with Gasteiger partial charge in [0.1, 0.15) is 12.4 Å². The molecule has 0 aliphatic rings. The summed E-state index contributed by atoms with van der Waals surface area (Å²) >= 11 is 0. The molecule has 7 heteroatoms. The first kappa shape index (κ1) is 23.7. The maximum absolute atomic E-state index is 12.3. The molecule has 30 heavy (non-hydrogen) atoms. The van der Waals surface area contributed by atoms with E-state index in [9.17, 15) is 13.2 Å². The molecule has 2 aromatic carbocycles. The quantitative estimate of drug-likeness (QED) is 0.621. The lowest BCUT2D eigenvalue weighted by atomic mass is 10.1. The number of benzene rings is 2. The third-order valence-corrected chi connectivity index (χ3v) is 5.84. The van der Waals surface area contributed by atoms with Crippen LogP contribution in [-0.4, -0.2) is 39.8 Å². The monoisotopic (exact) mass is 432 g/mol. The molecule has 0 bridgehead atoms. The van der Waals surface area contributed by atoms with Gasteiger partial charge in [0, 0.05) is 13.0 Å². The standard InChI is InChI=1S/C23H32N2O4S/c1-17-13-18(2)15-21(14-17)25(30(5,27)28)12-8-11-23(26)24-20(4)16-29-22-10-7-6-9-19(22)3/h6-7,9-10,13-15,20H,8,11-12,16H2,1-5H3,(H,24,26). The minimum absolute atomic E-state index is 0.121. The average Bonchev–Trinajstić information content (AvgIpc) is 2.62. The first-order valence-corrected chi connectivity index (χ1v) is 11.9. The van der Waals surface area contributed by atoms with E-state index in [0.717, 1.165) is 22.4 Å². The lowest BCUT2D eigenvalue weighted by Gasteiger charge is -2.23. The van der Waals surface area contributed by atoms with Gasteiger partial charge < -0.3 is 10.1 Å². The van der Waals surface area contributed by atoms with E-state index in [1.807, 2.05) is 70.2 Å². The molecule has 0 fully saturated rings. The number of rotatable bonds is 10. The lowest BCUT2D eigenvalue weighted by molar-refractivity contribution is -0.121. The fraction of sp³-hybridized carbons (Fsp3) is 0.435. The van der Waals surface area contributed by atoms with Crippen molar-refractivity contribution in [3.63, 3.8) is 0 Å². The average molecular weight is 433 g/mol. The molecule has 0 saturated heterocycles. The number of aryl methyl sites for hydroxylation is 3. The normalized spacial score (nSPS) is 12.3. The highest BCUT2D eigenvalue weighted by Crippen LogP contribution is 2.22. The highest BCUT2D eigenvalue weighted by atomic mass is 32.2. The molecule has 0 spiro atoms. The van der Waals surface area contributed by atoms with Crippen LogP contribution in [0.5, 0.6) is 5.75 Å². The SMILES string of the molecule is Cc1cc(C)cc(N(CCCC(=O)NC(C)COc2ccccc2C)S(C)(=O)=O)c1. The molecule has 0 aromatic heterocycles. The Balaban J connectivity index is 1.86. The molecule has 1 atom stereocenters. The number of hydrogen-bond donors (Lipinski definition) is 1. The van der Waals surface area contributed by atoms with Crippen LogP contribution in [0.1, 0.15) is 36.5 Å². The molecule has 0 radical (unpaired) electrons. The first-order chi connectivity index (χ1) is 14.1. The zero-order valence-electron chi connectivity index (χ0n) is 18.4. The van der Waals surface area contributed by atoms with Crippen molar-refractivity contribution >= 4 is 21.6 Å². The van der Waals surface area contributed by atoms with Gasteiger partial charge in [-0.1, -0.05) is 24.3 Å². The van der Waals surface area contributed by atoms with Gasteiger partial charge in [-0.25, -0.2) is 8.42 Å². The number of ether oxygens (including phenoxy) is 1. The summed E-state index contributed by atoms with van der Waals surface area (Å²) in [5, 5.41) is 2.91. The highest BCUT2D eigenvalue weighted by molar-refractivity contribution is 7.92. The lowest BCUT2D eigenvalue weighted by Crippen LogP contribution is -2.37. The van der Waals surface area contributed by atoms with Crippen LogP contribution in [0, 0.1) is 20.8 Å². The Hall–Kier alpha value is -2.54. The summed E-state index contributed by atoms with van der Waals surface area (Å²) in [5.41, 5.74) is 3.68. The van der Waals surface area contributed by atoms with E-state index < -0.39 is 10.0 Å². The van der Waals surface area contributed by atoms with Crippen molar-refractivity contribution < 1.29 is 17.9 Å². The number of anilines is 1. The second-order valence-electron chi connectivity index (χ2n) is 7.83. The van der Waals surface area contributed by atoms with Crippen molar-refractivity contribution in [2.75, 3.05) is 23.7 Å². The summed E-state index contributed by atoms with van der Waals surface area (Å²) in [6.45, 7) is 8.35. The Morgan fingerprint density at radius 3 is 2.33 bits per heavy atom. The van der Waals surface area contributed by atoms with E-state index in [1.54, 1.807) is 0 Å². The van der Waals surface area contributed by atoms with Crippen LogP contribution >= 0.6 is 0 Å². The summed E-state index contributed by atoms with van der Waals surface area (Å²) < 4.78 is 31.7. The Morgan fingerprint density at radius 2 is 1.73 bits per heavy atom. The van der Waals surface area contributed by atoms with Crippen molar-refractivity contribution in [2.45, 2.75) is 46.6 Å². The van der Waals surface area contributed by atoms with Crippen molar-refractivity contribution in [3.8, 4) is 5.75 Å². The van der Waals surface area contributed by atoms with Gasteiger partial charge >= 0.3 is 0 Å². The summed E-state index contributed by atoms with van der Waals surface area (Å²) in [5.74, 6) is 0.681. The first-order valence-electron chi connectivity index (χ1n) is 10.1. The molecule has 164 valence electrons. The van der Waals surface area contributed by atoms with E-state index in [0.29, 0.717) is 18.7 Å². The van der Waals surface area contributed by atoms with Gasteiger partial charge in [0.15, 0.2) is 0 Å².